The van der Waals surface area contributed by atoms with Crippen LogP contribution < -0.4 is 4.57 Å². The molecule has 8 nitrogen and oxygen atoms in total. The van der Waals surface area contributed by atoms with E-state index in [0.717, 1.165) is 53.5 Å². The van der Waals surface area contributed by atoms with Crippen molar-refractivity contribution in [1.29, 1.82) is 0 Å². The van der Waals surface area contributed by atoms with Gasteiger partial charge in [-0.2, -0.15) is 4.57 Å². The first-order chi connectivity index (χ1) is 61.8. The quantitative estimate of drug-likeness (QED) is 0.0532. The number of hydrogen-bond donors (Lipinski definition) is 0. The molecule has 0 atom stereocenters. The second kappa shape index (κ2) is 45.0. The Balaban J connectivity index is 0.000000147. The largest absolute Gasteiger partial charge is 0.340 e. The van der Waals surface area contributed by atoms with Gasteiger partial charge in [0.05, 0.1) is 23.0 Å². The zero-order valence-electron chi connectivity index (χ0n) is 78.3. The predicted octanol–water partition coefficient (Wildman–Crippen LogP) is 31.1. The summed E-state index contributed by atoms with van der Waals surface area (Å²) in [6.45, 7) is 32.8. The van der Waals surface area contributed by atoms with E-state index in [1.165, 1.54) is 204 Å². The van der Waals surface area contributed by atoms with Crippen LogP contribution in [0.5, 0.6) is 0 Å². The summed E-state index contributed by atoms with van der Waals surface area (Å²) in [6.07, 6.45) is 32.0. The molecule has 3 radical (unpaired) electrons. The molecule has 16 aromatic rings. The van der Waals surface area contributed by atoms with Crippen molar-refractivity contribution in [2.75, 3.05) is 0 Å². The molecular formula is C119H126Ir3N8-2. The average molecular weight is 2250 g/mol. The van der Waals surface area contributed by atoms with E-state index in [9.17, 15) is 0 Å². The van der Waals surface area contributed by atoms with Crippen molar-refractivity contribution in [1.82, 2.24) is 33.2 Å². The molecule has 19 rings (SSSR count). The number of hydrogen-bond acceptors (Lipinski definition) is 3. The maximum atomic E-state index is 4.85. The summed E-state index contributed by atoms with van der Waals surface area (Å²) < 4.78 is 11.8. The number of fused-ring (bicyclic) bond motifs is 3. The zero-order valence-corrected chi connectivity index (χ0v) is 85.4. The second-order valence-electron chi connectivity index (χ2n) is 37.6. The molecule has 0 saturated heterocycles. The molecule has 1 aliphatic heterocycles. The summed E-state index contributed by atoms with van der Waals surface area (Å²) >= 11 is 0. The number of aromatic nitrogens is 8. The van der Waals surface area contributed by atoms with Gasteiger partial charge in [0.1, 0.15) is 24.6 Å². The van der Waals surface area contributed by atoms with Gasteiger partial charge < -0.3 is 13.7 Å². The Bertz CT molecular complexity index is 6190. The Morgan fingerprint density at radius 1 is 0.331 bits per heavy atom. The fraction of sp³-hybridized carbons (Fsp3) is 0.294. The summed E-state index contributed by atoms with van der Waals surface area (Å²) in [5.41, 5.74) is 35.5. The molecule has 2 aliphatic carbocycles. The molecule has 12 aromatic carbocycles. The van der Waals surface area contributed by atoms with Crippen molar-refractivity contribution in [3.05, 3.63) is 384 Å². The van der Waals surface area contributed by atoms with Crippen molar-refractivity contribution in [2.24, 2.45) is 11.8 Å². The van der Waals surface area contributed by atoms with Crippen LogP contribution in [0.4, 0.5) is 0 Å². The number of rotatable bonds is 21. The van der Waals surface area contributed by atoms with E-state index in [0.29, 0.717) is 47.3 Å². The van der Waals surface area contributed by atoms with Gasteiger partial charge in [-0.05, 0) is 232 Å². The minimum absolute atomic E-state index is 0. The standard InChI is InChI=1S/C33H35N2.C30H33N2.C29H31N2.C27H27N2.3Ir/c1-5-13-25(14-6-1)29-23-30(26-15-7-2-8-16-26)32(31(24-29)27-17-9-3-10-18-27)35-22-21-34-33(35)28-19-11-4-12-20-28;1-21(2)16-26-18-25(23-10-6-5-7-11-23)19-27(17-22(3)4)29(26)32-15-14-31-20-24-12-8-9-13-28(24)30(31)32;1-19(2)26-17-25(24-15-21(5)14-22(6)16-24)18-27(20(3)4)28(26)31-13-12-30-29(31)23-10-8-7-9-11-23;1-19(2)24-17-23(21-11-7-5-8-12-21)18-25(20(3)4)26(24)29-16-15-28-27(29)22-13-9-6-10-14-22;;;/h1,4-6,11-14,19,21-24,26-27H,2-3,7-10,15-18H2;5-15,18-19,21-22H,16-17,20H2,1-4H3;7-10,12-20H,1-6H3;5-13,15-20H,1-4H3;;;/q-1;+1;2*-1;;;. The molecular weight excluding hydrogens is 2120 g/mol. The van der Waals surface area contributed by atoms with Gasteiger partial charge in [-0.15, -0.1) is 108 Å². The molecule has 3 aliphatic rings. The van der Waals surface area contributed by atoms with Crippen LogP contribution >= 0.6 is 0 Å². The van der Waals surface area contributed by atoms with Crippen LogP contribution in [0, 0.1) is 43.9 Å². The van der Waals surface area contributed by atoms with E-state index in [2.05, 4.69) is 380 Å². The summed E-state index contributed by atoms with van der Waals surface area (Å²) in [7, 11) is 0. The fourth-order valence-corrected chi connectivity index (χ4v) is 19.8. The molecule has 2 saturated carbocycles. The summed E-state index contributed by atoms with van der Waals surface area (Å²) in [4.78, 5) is 14.2. The van der Waals surface area contributed by atoms with Gasteiger partial charge in [0.2, 0.25) is 0 Å². The molecule has 0 bridgehead atoms. The molecule has 5 heterocycles. The summed E-state index contributed by atoms with van der Waals surface area (Å²) in [6, 6.07) is 102. The molecule has 671 valence electrons. The van der Waals surface area contributed by atoms with Crippen LogP contribution in [-0.4, -0.2) is 33.2 Å². The molecule has 130 heavy (non-hydrogen) atoms. The summed E-state index contributed by atoms with van der Waals surface area (Å²) in [5, 5.41) is 0. The number of aryl methyl sites for hydroxylation is 2. The molecule has 0 amide bonds. The van der Waals surface area contributed by atoms with E-state index in [1.54, 1.807) is 0 Å². The van der Waals surface area contributed by atoms with Crippen LogP contribution in [0.1, 0.15) is 244 Å². The van der Waals surface area contributed by atoms with Gasteiger partial charge in [-0.1, -0.05) is 260 Å². The third-order valence-electron chi connectivity index (χ3n) is 25.7. The van der Waals surface area contributed by atoms with E-state index in [-0.39, 0.29) is 60.3 Å². The van der Waals surface area contributed by atoms with Gasteiger partial charge in [-0.3, -0.25) is 15.0 Å². The maximum Gasteiger partial charge on any atom is 0.294 e. The Kier molecular flexibility index (Phi) is 33.6. The number of imidazole rings is 4. The molecule has 4 aromatic heterocycles. The van der Waals surface area contributed by atoms with Crippen molar-refractivity contribution >= 4 is 0 Å². The van der Waals surface area contributed by atoms with Crippen molar-refractivity contribution in [2.45, 2.75) is 216 Å². The van der Waals surface area contributed by atoms with Crippen LogP contribution in [-0.2, 0) is 79.7 Å². The Morgan fingerprint density at radius 2 is 0.669 bits per heavy atom. The van der Waals surface area contributed by atoms with E-state index in [1.807, 2.05) is 67.1 Å². The van der Waals surface area contributed by atoms with Gasteiger partial charge in [0, 0.05) is 131 Å². The average Bonchev–Trinajstić information content (AvgIpc) is 1.58. The first-order valence-electron chi connectivity index (χ1n) is 47.0. The molecule has 0 unspecified atom stereocenters. The maximum absolute atomic E-state index is 4.85. The normalized spacial score (nSPS) is 13.0. The Hall–Kier alpha value is -10.6. The zero-order chi connectivity index (χ0) is 88.2. The monoisotopic (exact) mass is 2250 g/mol. The minimum Gasteiger partial charge on any atom is -0.340 e. The first kappa shape index (κ1) is 97.0. The predicted molar refractivity (Wildman–Crippen MR) is 530 cm³/mol. The minimum atomic E-state index is 0. The van der Waals surface area contributed by atoms with E-state index >= 15 is 0 Å². The molecule has 11 heteroatoms. The third-order valence-corrected chi connectivity index (χ3v) is 25.7. The van der Waals surface area contributed by atoms with Crippen LogP contribution in [0.3, 0.4) is 0 Å². The third kappa shape index (κ3) is 22.3. The molecule has 0 N–H and O–H groups in total. The first-order valence-corrected chi connectivity index (χ1v) is 47.0. The van der Waals surface area contributed by atoms with Crippen molar-refractivity contribution < 1.29 is 64.9 Å². The fourth-order valence-electron chi connectivity index (χ4n) is 19.8. The Morgan fingerprint density at radius 3 is 1.04 bits per heavy atom. The van der Waals surface area contributed by atoms with E-state index < -0.39 is 0 Å². The molecule has 2 fully saturated rings. The van der Waals surface area contributed by atoms with Gasteiger partial charge >= 0.3 is 0 Å². The second-order valence-corrected chi connectivity index (χ2v) is 37.6. The number of benzene rings is 12. The topological polar surface area (TPSA) is 62.3 Å². The van der Waals surface area contributed by atoms with Crippen LogP contribution in [0.2, 0.25) is 0 Å². The van der Waals surface area contributed by atoms with Gasteiger partial charge in [-0.25, -0.2) is 4.57 Å². The summed E-state index contributed by atoms with van der Waals surface area (Å²) in [5.74, 6) is 8.13. The van der Waals surface area contributed by atoms with Crippen molar-refractivity contribution in [3.8, 4) is 113 Å². The smallest absolute Gasteiger partial charge is 0.294 e. The van der Waals surface area contributed by atoms with Crippen molar-refractivity contribution in [3.63, 3.8) is 0 Å². The van der Waals surface area contributed by atoms with E-state index in [4.69, 9.17) is 9.97 Å². The van der Waals surface area contributed by atoms with Crippen LogP contribution in [0.15, 0.2) is 304 Å². The van der Waals surface area contributed by atoms with Crippen LogP contribution in [0.25, 0.3) is 113 Å². The van der Waals surface area contributed by atoms with Gasteiger partial charge in [0.25, 0.3) is 5.82 Å². The van der Waals surface area contributed by atoms with Gasteiger partial charge in [0.15, 0.2) is 0 Å². The Labute approximate surface area is 815 Å². The SMILES string of the molecule is CC(C)Cc1cc(-c2ccccc2)cc(CC(C)C)c1-n1cc[n+]2c1-c1ccccc1C2.CC(C)c1cc(-c2ccccc2)cc(C(C)C)c1-n1ccnc1-c1[c-]cccc1.Cc1cc(C)cc(-c2cc(C(C)C)c(-n3ccnc3-c3[c-]cccc3)c(C(C)C)c2)c1.[Ir].[Ir].[Ir].[c-]1ccccc1-c1nccn1-c1c(C2CCCCC2)cc(-c2ccccc2)cc1C1CCCCC1. The number of nitrogens with zero attached hydrogens (tertiary/aromatic N) is 8. The molecule has 0 spiro atoms.